The van der Waals surface area contributed by atoms with Crippen LogP contribution in [0.25, 0.3) is 33.7 Å². The van der Waals surface area contributed by atoms with Crippen LogP contribution < -0.4 is 29.2 Å². The van der Waals surface area contributed by atoms with Gasteiger partial charge in [-0.1, -0.05) is 0 Å². The fraction of sp³-hybridized carbons (Fsp3) is 0.0732. The standard InChI is InChI=1S/2C17H11.C7H8Ge.2ClH.Zr/c2*1-2-6-14-12(4-1)8-10-17-15-7-3-5-13(15)9-11-16(14)17;1-8-7-5-3-2-4-6-7;;;/h2*1-8,10-11,15H;2-6H,1H3;2*1H;/q;;;;;+2/p-2. The van der Waals surface area contributed by atoms with E-state index in [2.05, 4.69) is 157 Å². The summed E-state index contributed by atoms with van der Waals surface area (Å²) < 4.78 is 5.09. The van der Waals surface area contributed by atoms with Gasteiger partial charge in [-0.25, -0.2) is 0 Å². The van der Waals surface area contributed by atoms with Crippen molar-refractivity contribution in [3.05, 3.63) is 180 Å². The number of allylic oxidation sites excluding steroid dienone is 10. The van der Waals surface area contributed by atoms with Gasteiger partial charge in [-0.2, -0.15) is 0 Å². The molecule has 0 amide bonds. The molecule has 0 aliphatic heterocycles. The first-order valence-electron chi connectivity index (χ1n) is 15.3. The number of benzene rings is 5. The number of halogens is 2. The Balaban J connectivity index is 0.00000163. The van der Waals surface area contributed by atoms with Crippen LogP contribution in [0, 0.1) is 0 Å². The van der Waals surface area contributed by atoms with Crippen LogP contribution in [0.15, 0.2) is 157 Å². The largest absolute Gasteiger partial charge is 1.00 e. The zero-order chi connectivity index (χ0) is 28.5. The first-order valence-corrected chi connectivity index (χ1v) is 28.3. The summed E-state index contributed by atoms with van der Waals surface area (Å²) in [6.07, 6.45) is 19.8. The second kappa shape index (κ2) is 12.3. The number of rotatable bonds is 3. The van der Waals surface area contributed by atoms with Gasteiger partial charge in [-0.3, -0.25) is 0 Å². The summed E-state index contributed by atoms with van der Waals surface area (Å²) in [5.74, 6) is 3.42. The van der Waals surface area contributed by atoms with Crippen LogP contribution in [0.1, 0.15) is 34.1 Å². The van der Waals surface area contributed by atoms with Crippen LogP contribution in [-0.2, 0) is 18.6 Å². The average Bonchev–Trinajstić information content (AvgIpc) is 3.76. The molecule has 4 aliphatic rings. The molecule has 216 valence electrons. The third-order valence-corrected chi connectivity index (χ3v) is 38.6. The van der Waals surface area contributed by atoms with E-state index in [9.17, 15) is 0 Å². The van der Waals surface area contributed by atoms with Gasteiger partial charge in [0, 0.05) is 0 Å². The van der Waals surface area contributed by atoms with Gasteiger partial charge in [0.2, 0.25) is 0 Å². The van der Waals surface area contributed by atoms with Gasteiger partial charge >= 0.3 is 264 Å². The molecule has 0 N–H and O–H groups in total. The van der Waals surface area contributed by atoms with Crippen molar-refractivity contribution in [3.63, 3.8) is 0 Å². The predicted octanol–water partition coefficient (Wildman–Crippen LogP) is 3.72. The molecule has 0 heterocycles. The summed E-state index contributed by atoms with van der Waals surface area (Å²) in [6, 6.07) is 39.0. The van der Waals surface area contributed by atoms with Crippen molar-refractivity contribution in [3.8, 4) is 0 Å². The van der Waals surface area contributed by atoms with Gasteiger partial charge < -0.3 is 24.8 Å². The zero-order valence-electron chi connectivity index (χ0n) is 24.8. The van der Waals surface area contributed by atoms with E-state index in [4.69, 9.17) is 0 Å². The summed E-state index contributed by atoms with van der Waals surface area (Å²) in [7, 11) is -1.72. The summed E-state index contributed by atoms with van der Waals surface area (Å²) in [5.41, 5.74) is 9.00. The van der Waals surface area contributed by atoms with E-state index in [1.807, 2.05) is 0 Å². The Hall–Kier alpha value is -2.93. The molecule has 0 saturated carbocycles. The van der Waals surface area contributed by atoms with E-state index >= 15 is 0 Å². The first kappa shape index (κ1) is 30.7. The van der Waals surface area contributed by atoms with Crippen molar-refractivity contribution in [2.75, 3.05) is 0 Å². The van der Waals surface area contributed by atoms with Gasteiger partial charge in [0.15, 0.2) is 0 Å². The smallest absolute Gasteiger partial charge is 1.00 e. The maximum atomic E-state index is 2.69. The molecule has 4 aliphatic carbocycles. The normalized spacial score (nSPS) is 18.1. The molecule has 45 heavy (non-hydrogen) atoms. The van der Waals surface area contributed by atoms with E-state index in [0.29, 0.717) is 11.8 Å². The second-order valence-corrected chi connectivity index (χ2v) is 36.1. The van der Waals surface area contributed by atoms with Crippen LogP contribution in [0.2, 0.25) is 5.76 Å². The quantitative estimate of drug-likeness (QED) is 0.247. The second-order valence-electron chi connectivity index (χ2n) is 12.0. The molecular formula is C41H30Cl2GeZr. The monoisotopic (exact) mass is 756 g/mol. The Bertz CT molecular complexity index is 2110. The number of fused-ring (bicyclic) bond motifs is 10. The minimum absolute atomic E-state index is 0. The van der Waals surface area contributed by atoms with Crippen LogP contribution in [0.5, 0.6) is 0 Å². The van der Waals surface area contributed by atoms with Gasteiger partial charge in [0.25, 0.3) is 0 Å². The van der Waals surface area contributed by atoms with Crippen molar-refractivity contribution in [1.29, 1.82) is 0 Å². The Morgan fingerprint density at radius 2 is 1.00 bits per heavy atom. The molecule has 0 saturated heterocycles. The SMILES string of the molecule is [CH3][Ge]([c]1ccccc1)=[Zr+2]([C]1=Cc2c(ccc3ccccc23)C2C=CC=C12)[C]1=Cc2c(ccc3ccccc23)C2C=CC=C12.[Cl-].[Cl-]. The Kier molecular flexibility index (Phi) is 8.43. The Morgan fingerprint density at radius 1 is 0.533 bits per heavy atom. The molecular weight excluding hydrogens is 727 g/mol. The van der Waals surface area contributed by atoms with E-state index in [0.717, 1.165) is 0 Å². The predicted molar refractivity (Wildman–Crippen MR) is 181 cm³/mol. The van der Waals surface area contributed by atoms with E-state index < -0.39 is 28.6 Å². The Morgan fingerprint density at radius 3 is 1.51 bits per heavy atom. The fourth-order valence-electron chi connectivity index (χ4n) is 7.77. The molecule has 2 unspecified atom stereocenters. The molecule has 0 nitrogen and oxygen atoms in total. The molecule has 5 aromatic rings. The van der Waals surface area contributed by atoms with Crippen LogP contribution >= 0.6 is 0 Å². The summed E-state index contributed by atoms with van der Waals surface area (Å²) >= 11 is -2.52. The summed E-state index contributed by atoms with van der Waals surface area (Å²) in [6.45, 7) is 0. The molecule has 9 rings (SSSR count). The molecule has 2 atom stereocenters. The number of hydrogen-bond donors (Lipinski definition) is 0. The maximum absolute atomic E-state index is 2.69. The molecule has 5 aromatic carbocycles. The van der Waals surface area contributed by atoms with Crippen molar-refractivity contribution in [2.24, 2.45) is 0 Å². The van der Waals surface area contributed by atoms with Crippen molar-refractivity contribution < 1.29 is 43.4 Å². The summed E-state index contributed by atoms with van der Waals surface area (Å²) in [5, 5.41) is 5.47. The Labute approximate surface area is 286 Å². The zero-order valence-corrected chi connectivity index (χ0v) is 30.9. The molecule has 0 aromatic heterocycles. The van der Waals surface area contributed by atoms with E-state index in [1.165, 1.54) is 43.8 Å². The van der Waals surface area contributed by atoms with Gasteiger partial charge in [-0.05, 0) is 0 Å². The molecule has 0 spiro atoms. The van der Waals surface area contributed by atoms with Crippen LogP contribution in [0.3, 0.4) is 0 Å². The topological polar surface area (TPSA) is 0 Å². The average molecular weight is 757 g/mol. The first-order chi connectivity index (χ1) is 21.3. The molecule has 0 bridgehead atoms. The third kappa shape index (κ3) is 4.90. The van der Waals surface area contributed by atoms with Crippen LogP contribution in [-0.4, -0.2) is 9.98 Å². The van der Waals surface area contributed by atoms with Gasteiger partial charge in [0.05, 0.1) is 0 Å². The van der Waals surface area contributed by atoms with Gasteiger partial charge in [0.1, 0.15) is 0 Å². The number of hydrogen-bond acceptors (Lipinski definition) is 0. The third-order valence-electron chi connectivity index (χ3n) is 9.83. The fourth-order valence-corrected chi connectivity index (χ4v) is 37.8. The molecule has 0 radical (unpaired) electrons. The minimum Gasteiger partial charge on any atom is -1.00 e. The van der Waals surface area contributed by atoms with Gasteiger partial charge in [-0.15, -0.1) is 0 Å². The van der Waals surface area contributed by atoms with E-state index in [-0.39, 0.29) is 24.8 Å². The minimum atomic E-state index is -2.52. The summed E-state index contributed by atoms with van der Waals surface area (Å²) in [4.78, 5) is 0. The van der Waals surface area contributed by atoms with Crippen molar-refractivity contribution in [2.45, 2.75) is 17.6 Å². The molecule has 0 fully saturated rings. The van der Waals surface area contributed by atoms with E-state index in [1.54, 1.807) is 22.1 Å². The van der Waals surface area contributed by atoms with Crippen LogP contribution in [0.4, 0.5) is 0 Å². The maximum Gasteiger partial charge on any atom is -1.00 e. The van der Waals surface area contributed by atoms with Crippen molar-refractivity contribution in [1.82, 2.24) is 0 Å². The molecule has 4 heteroatoms. The van der Waals surface area contributed by atoms with Crippen molar-refractivity contribution >= 4 is 48.1 Å².